The van der Waals surface area contributed by atoms with Crippen molar-refractivity contribution in [2.45, 2.75) is 4.90 Å². The lowest BCUT2D eigenvalue weighted by Crippen LogP contribution is -2.34. The fourth-order valence-electron chi connectivity index (χ4n) is 2.00. The van der Waals surface area contributed by atoms with E-state index in [1.165, 1.54) is 32.4 Å². The number of halogens is 1. The van der Waals surface area contributed by atoms with Crippen LogP contribution in [0.25, 0.3) is 0 Å². The molecule has 1 N–H and O–H groups in total. The summed E-state index contributed by atoms with van der Waals surface area (Å²) in [6.45, 7) is -0.319. The van der Waals surface area contributed by atoms with Crippen LogP contribution in [-0.2, 0) is 14.8 Å². The molecule has 0 spiro atoms. The van der Waals surface area contributed by atoms with Gasteiger partial charge in [0, 0.05) is 12.7 Å². The van der Waals surface area contributed by atoms with Crippen LogP contribution in [0.15, 0.2) is 53.4 Å². The number of likely N-dealkylation sites (N-methyl/N-ethyl adjacent to an activating group) is 1. The van der Waals surface area contributed by atoms with Gasteiger partial charge < -0.3 is 10.1 Å². The third kappa shape index (κ3) is 4.25. The minimum atomic E-state index is -3.84. The van der Waals surface area contributed by atoms with Gasteiger partial charge in [-0.15, -0.1) is 0 Å². The average Bonchev–Trinajstić information content (AvgIpc) is 2.55. The van der Waals surface area contributed by atoms with Crippen LogP contribution >= 0.6 is 11.6 Å². The van der Waals surface area contributed by atoms with Crippen LogP contribution < -0.4 is 10.1 Å². The van der Waals surface area contributed by atoms with Gasteiger partial charge in [-0.3, -0.25) is 4.79 Å². The number of nitrogens with zero attached hydrogens (tertiary/aromatic N) is 1. The quantitative estimate of drug-likeness (QED) is 0.850. The summed E-state index contributed by atoms with van der Waals surface area (Å²) in [7, 11) is -1.07. The van der Waals surface area contributed by atoms with E-state index < -0.39 is 15.9 Å². The summed E-state index contributed by atoms with van der Waals surface area (Å²) >= 11 is 5.97. The number of carbonyl (C=O) groups excluding carboxylic acids is 1. The van der Waals surface area contributed by atoms with Gasteiger partial charge in [0.05, 0.1) is 23.6 Å². The molecule has 2 rings (SSSR count). The van der Waals surface area contributed by atoms with E-state index in [9.17, 15) is 13.2 Å². The van der Waals surface area contributed by atoms with Crippen LogP contribution in [0, 0.1) is 0 Å². The lowest BCUT2D eigenvalue weighted by molar-refractivity contribution is -0.116. The maximum Gasteiger partial charge on any atom is 0.243 e. The Hall–Kier alpha value is -2.09. The molecule has 0 aromatic heterocycles. The van der Waals surface area contributed by atoms with Crippen molar-refractivity contribution in [3.05, 3.63) is 53.6 Å². The van der Waals surface area contributed by atoms with Gasteiger partial charge in [0.2, 0.25) is 15.9 Å². The highest BCUT2D eigenvalue weighted by atomic mass is 35.5. The number of sulfonamides is 1. The number of nitrogens with one attached hydrogen (secondary N) is 1. The highest BCUT2D eigenvalue weighted by Gasteiger charge is 2.24. The zero-order chi connectivity index (χ0) is 17.7. The molecule has 0 bridgehead atoms. The van der Waals surface area contributed by atoms with E-state index >= 15 is 0 Å². The predicted molar refractivity (Wildman–Crippen MR) is 92.9 cm³/mol. The second-order valence-corrected chi connectivity index (χ2v) is 7.42. The smallest absolute Gasteiger partial charge is 0.243 e. The maximum atomic E-state index is 12.5. The first-order chi connectivity index (χ1) is 11.3. The topological polar surface area (TPSA) is 75.7 Å². The van der Waals surface area contributed by atoms with Gasteiger partial charge in [0.1, 0.15) is 5.75 Å². The summed E-state index contributed by atoms with van der Waals surface area (Å²) < 4.78 is 31.0. The molecular weight excluding hydrogens is 352 g/mol. The molecule has 0 fully saturated rings. The number of hydrogen-bond acceptors (Lipinski definition) is 4. The van der Waals surface area contributed by atoms with Gasteiger partial charge in [0.15, 0.2) is 0 Å². The lowest BCUT2D eigenvalue weighted by atomic mass is 10.3. The Morgan fingerprint density at radius 2 is 1.88 bits per heavy atom. The number of amides is 1. The van der Waals surface area contributed by atoms with Crippen molar-refractivity contribution in [3.63, 3.8) is 0 Å². The average molecular weight is 369 g/mol. The number of methoxy groups -OCH3 is 1. The Morgan fingerprint density at radius 3 is 2.46 bits per heavy atom. The molecule has 6 nitrogen and oxygen atoms in total. The molecule has 0 saturated carbocycles. The molecule has 0 unspecified atom stereocenters. The van der Waals surface area contributed by atoms with Crippen molar-refractivity contribution < 1.29 is 17.9 Å². The number of rotatable bonds is 6. The molecule has 2 aromatic carbocycles. The minimum absolute atomic E-state index is 0.0108. The predicted octanol–water partition coefficient (Wildman–Crippen LogP) is 2.61. The Morgan fingerprint density at radius 1 is 1.21 bits per heavy atom. The van der Waals surface area contributed by atoms with Gasteiger partial charge >= 0.3 is 0 Å². The summed E-state index contributed by atoms with van der Waals surface area (Å²) in [6, 6.07) is 12.9. The number of ether oxygens (including phenoxy) is 1. The Labute approximate surface area is 146 Å². The largest absolute Gasteiger partial charge is 0.495 e. The van der Waals surface area contributed by atoms with Crippen LogP contribution in [0.1, 0.15) is 0 Å². The second-order valence-electron chi connectivity index (χ2n) is 4.97. The molecule has 128 valence electrons. The molecule has 0 aliphatic carbocycles. The molecule has 0 radical (unpaired) electrons. The highest BCUT2D eigenvalue weighted by molar-refractivity contribution is 7.89. The molecular formula is C16H17ClN2O4S. The molecule has 0 atom stereocenters. The van der Waals surface area contributed by atoms with E-state index in [0.717, 1.165) is 4.31 Å². The van der Waals surface area contributed by atoms with E-state index in [0.29, 0.717) is 11.4 Å². The van der Waals surface area contributed by atoms with Gasteiger partial charge in [-0.2, -0.15) is 4.31 Å². The normalized spacial score (nSPS) is 11.3. The summed E-state index contributed by atoms with van der Waals surface area (Å²) in [5.41, 5.74) is 0.598. The number of para-hydroxylation sites is 1. The van der Waals surface area contributed by atoms with Crippen molar-refractivity contribution in [3.8, 4) is 5.75 Å². The van der Waals surface area contributed by atoms with E-state index in [4.69, 9.17) is 16.3 Å². The fourth-order valence-corrected chi connectivity index (χ4v) is 3.47. The zero-order valence-electron chi connectivity index (χ0n) is 13.2. The first-order valence-corrected chi connectivity index (χ1v) is 8.81. The number of benzene rings is 2. The molecule has 2 aromatic rings. The number of hydrogen-bond donors (Lipinski definition) is 1. The SMILES string of the molecule is COc1ccc(S(=O)(=O)N(C)CC(=O)Nc2ccccc2)cc1Cl. The Bertz CT molecular complexity index is 825. The molecule has 0 heterocycles. The molecule has 0 saturated heterocycles. The monoisotopic (exact) mass is 368 g/mol. The van der Waals surface area contributed by atoms with E-state index in [-0.39, 0.29) is 16.5 Å². The molecule has 24 heavy (non-hydrogen) atoms. The van der Waals surface area contributed by atoms with Gasteiger partial charge in [-0.25, -0.2) is 8.42 Å². The zero-order valence-corrected chi connectivity index (χ0v) is 14.8. The standard InChI is InChI=1S/C16H17ClN2O4S/c1-19(11-16(20)18-12-6-4-3-5-7-12)24(21,22)13-8-9-15(23-2)14(17)10-13/h3-10H,11H2,1-2H3,(H,18,20). The van der Waals surface area contributed by atoms with E-state index in [2.05, 4.69) is 5.32 Å². The van der Waals surface area contributed by atoms with Crippen molar-refractivity contribution in [2.75, 3.05) is 26.0 Å². The number of anilines is 1. The maximum absolute atomic E-state index is 12.5. The van der Waals surface area contributed by atoms with E-state index in [1.54, 1.807) is 24.3 Å². The third-order valence-corrected chi connectivity index (χ3v) is 5.35. The van der Waals surface area contributed by atoms with Crippen LogP contribution in [-0.4, -0.2) is 39.3 Å². The Kier molecular flexibility index (Phi) is 5.82. The Balaban J connectivity index is 2.11. The van der Waals surface area contributed by atoms with Crippen molar-refractivity contribution in [1.82, 2.24) is 4.31 Å². The van der Waals surface area contributed by atoms with Crippen LogP contribution in [0.3, 0.4) is 0 Å². The summed E-state index contributed by atoms with van der Waals surface area (Å²) in [5.74, 6) is -0.0630. The van der Waals surface area contributed by atoms with Crippen molar-refractivity contribution in [2.24, 2.45) is 0 Å². The molecule has 0 aliphatic rings. The van der Waals surface area contributed by atoms with Crippen LogP contribution in [0.5, 0.6) is 5.75 Å². The first kappa shape index (κ1) is 18.3. The summed E-state index contributed by atoms with van der Waals surface area (Å²) in [5, 5.41) is 2.82. The van der Waals surface area contributed by atoms with Gasteiger partial charge in [0.25, 0.3) is 0 Å². The van der Waals surface area contributed by atoms with Crippen LogP contribution in [0.2, 0.25) is 5.02 Å². The van der Waals surface area contributed by atoms with Crippen molar-refractivity contribution >= 4 is 33.2 Å². The highest BCUT2D eigenvalue weighted by Crippen LogP contribution is 2.28. The third-order valence-electron chi connectivity index (χ3n) is 3.26. The molecule has 8 heteroatoms. The summed E-state index contributed by atoms with van der Waals surface area (Å²) in [4.78, 5) is 12.0. The number of carbonyl (C=O) groups is 1. The van der Waals surface area contributed by atoms with Gasteiger partial charge in [-0.1, -0.05) is 29.8 Å². The summed E-state index contributed by atoms with van der Waals surface area (Å²) in [6.07, 6.45) is 0. The van der Waals surface area contributed by atoms with Gasteiger partial charge in [-0.05, 0) is 30.3 Å². The molecule has 1 amide bonds. The van der Waals surface area contributed by atoms with E-state index in [1.807, 2.05) is 6.07 Å². The van der Waals surface area contributed by atoms with Crippen molar-refractivity contribution in [1.29, 1.82) is 0 Å². The lowest BCUT2D eigenvalue weighted by Gasteiger charge is -2.17. The first-order valence-electron chi connectivity index (χ1n) is 6.99. The fraction of sp³-hybridized carbons (Fsp3) is 0.188. The minimum Gasteiger partial charge on any atom is -0.495 e. The van der Waals surface area contributed by atoms with Crippen LogP contribution in [0.4, 0.5) is 5.69 Å². The second kappa shape index (κ2) is 7.65. The molecule has 0 aliphatic heterocycles.